The quantitative estimate of drug-likeness (QED) is 0.718. The predicted octanol–water partition coefficient (Wildman–Crippen LogP) is 1.80. The molecule has 5 nitrogen and oxygen atoms in total. The summed E-state index contributed by atoms with van der Waals surface area (Å²) in [6.07, 6.45) is 0.490. The van der Waals surface area contributed by atoms with Gasteiger partial charge in [0.25, 0.3) is 5.91 Å². The number of nitrogens with two attached hydrogens (primary N) is 1. The predicted molar refractivity (Wildman–Crippen MR) is 79.8 cm³/mol. The minimum atomic E-state index is -0.284. The van der Waals surface area contributed by atoms with Crippen molar-refractivity contribution in [1.29, 1.82) is 0 Å². The third-order valence-corrected chi connectivity index (χ3v) is 3.27. The second-order valence-electron chi connectivity index (χ2n) is 5.83. The second-order valence-corrected chi connectivity index (χ2v) is 5.83. The summed E-state index contributed by atoms with van der Waals surface area (Å²) in [4.78, 5) is 12.4. The normalized spacial score (nSPS) is 12.8. The Hall–Kier alpha value is -1.75. The topological polar surface area (TPSA) is 84.6 Å². The van der Waals surface area contributed by atoms with E-state index < -0.39 is 0 Å². The van der Waals surface area contributed by atoms with Crippen LogP contribution in [0, 0.1) is 5.41 Å². The van der Waals surface area contributed by atoms with Crippen LogP contribution in [0.15, 0.2) is 18.2 Å². The van der Waals surface area contributed by atoms with Gasteiger partial charge < -0.3 is 20.9 Å². The summed E-state index contributed by atoms with van der Waals surface area (Å²) in [5.41, 5.74) is 6.42. The van der Waals surface area contributed by atoms with Crippen molar-refractivity contribution in [3.05, 3.63) is 23.8 Å². The van der Waals surface area contributed by atoms with Crippen molar-refractivity contribution in [3.63, 3.8) is 0 Å². The Balaban J connectivity index is 3.01. The third kappa shape index (κ3) is 3.87. The Morgan fingerprint density at radius 3 is 2.60 bits per heavy atom. The van der Waals surface area contributed by atoms with Crippen molar-refractivity contribution >= 4 is 11.6 Å². The Bertz CT molecular complexity index is 467. The molecule has 1 amide bonds. The van der Waals surface area contributed by atoms with Crippen molar-refractivity contribution in [2.24, 2.45) is 5.41 Å². The Kier molecular flexibility index (Phi) is 5.39. The lowest BCUT2D eigenvalue weighted by Gasteiger charge is -2.31. The van der Waals surface area contributed by atoms with E-state index in [0.717, 1.165) is 0 Å². The van der Waals surface area contributed by atoms with Crippen molar-refractivity contribution < 1.29 is 14.6 Å². The molecule has 0 aliphatic carbocycles. The molecule has 112 valence electrons. The van der Waals surface area contributed by atoms with Crippen molar-refractivity contribution in [2.75, 3.05) is 19.5 Å². The molecule has 0 aliphatic heterocycles. The average Bonchev–Trinajstić information content (AvgIpc) is 2.36. The number of rotatable bonds is 5. The highest BCUT2D eigenvalue weighted by atomic mass is 16.5. The van der Waals surface area contributed by atoms with E-state index in [0.29, 0.717) is 23.4 Å². The first-order chi connectivity index (χ1) is 9.31. The van der Waals surface area contributed by atoms with Gasteiger partial charge >= 0.3 is 0 Å². The molecule has 1 rings (SSSR count). The number of nitrogens with one attached hydrogen (secondary N) is 1. The maximum absolute atomic E-state index is 12.4. The van der Waals surface area contributed by atoms with Crippen LogP contribution in [0.3, 0.4) is 0 Å². The van der Waals surface area contributed by atoms with Crippen LogP contribution >= 0.6 is 0 Å². The number of ether oxygens (including phenoxy) is 1. The summed E-state index contributed by atoms with van der Waals surface area (Å²) in [5, 5.41) is 12.1. The monoisotopic (exact) mass is 280 g/mol. The van der Waals surface area contributed by atoms with Gasteiger partial charge in [0.15, 0.2) is 0 Å². The standard InChI is InChI=1S/C15H24N2O3/c1-15(2,3)12(8-9-18)17-14(19)13-10(16)6-5-7-11(13)20-4/h5-7,12,18H,8-9,16H2,1-4H3,(H,17,19). The first-order valence-electron chi connectivity index (χ1n) is 6.65. The Labute approximate surface area is 120 Å². The van der Waals surface area contributed by atoms with Gasteiger partial charge in [0.05, 0.1) is 7.11 Å². The zero-order valence-corrected chi connectivity index (χ0v) is 12.6. The van der Waals surface area contributed by atoms with Crippen molar-refractivity contribution in [2.45, 2.75) is 33.2 Å². The molecule has 1 aromatic rings. The van der Waals surface area contributed by atoms with Crippen molar-refractivity contribution in [3.8, 4) is 5.75 Å². The third-order valence-electron chi connectivity index (χ3n) is 3.27. The van der Waals surface area contributed by atoms with Crippen LogP contribution in [0.2, 0.25) is 0 Å². The molecule has 5 heteroatoms. The molecule has 0 heterocycles. The van der Waals surface area contributed by atoms with Crippen LogP contribution < -0.4 is 15.8 Å². The Morgan fingerprint density at radius 1 is 1.45 bits per heavy atom. The second kappa shape index (κ2) is 6.61. The molecule has 0 saturated heterocycles. The lowest BCUT2D eigenvalue weighted by atomic mass is 9.84. The number of aliphatic hydroxyl groups excluding tert-OH is 1. The van der Waals surface area contributed by atoms with Gasteiger partial charge in [-0.05, 0) is 24.0 Å². The number of carbonyl (C=O) groups is 1. The lowest BCUT2D eigenvalue weighted by molar-refractivity contribution is 0.0883. The van der Waals surface area contributed by atoms with Gasteiger partial charge in [0, 0.05) is 18.3 Å². The highest BCUT2D eigenvalue weighted by Crippen LogP contribution is 2.26. The van der Waals surface area contributed by atoms with E-state index >= 15 is 0 Å². The zero-order valence-electron chi connectivity index (χ0n) is 12.6. The summed E-state index contributed by atoms with van der Waals surface area (Å²) >= 11 is 0. The molecule has 1 atom stereocenters. The fourth-order valence-electron chi connectivity index (χ4n) is 2.04. The average molecular weight is 280 g/mol. The van der Waals surface area contributed by atoms with E-state index in [2.05, 4.69) is 5.32 Å². The number of aliphatic hydroxyl groups is 1. The molecular weight excluding hydrogens is 256 g/mol. The molecule has 0 spiro atoms. The SMILES string of the molecule is COc1cccc(N)c1C(=O)NC(CCO)C(C)(C)C. The maximum atomic E-state index is 12.4. The fourth-order valence-corrected chi connectivity index (χ4v) is 2.04. The van der Waals surface area contributed by atoms with E-state index in [9.17, 15) is 4.79 Å². The Morgan fingerprint density at radius 2 is 2.10 bits per heavy atom. The number of hydrogen-bond donors (Lipinski definition) is 3. The fraction of sp³-hybridized carbons (Fsp3) is 0.533. The van der Waals surface area contributed by atoms with Crippen LogP contribution in [0.25, 0.3) is 0 Å². The lowest BCUT2D eigenvalue weighted by Crippen LogP contribution is -2.44. The molecule has 0 saturated carbocycles. The number of nitrogen functional groups attached to an aromatic ring is 1. The molecule has 1 unspecified atom stereocenters. The van der Waals surface area contributed by atoms with E-state index in [1.54, 1.807) is 18.2 Å². The summed E-state index contributed by atoms with van der Waals surface area (Å²) in [6, 6.07) is 4.95. The number of hydrogen-bond acceptors (Lipinski definition) is 4. The van der Waals surface area contributed by atoms with Crippen LogP contribution in [-0.4, -0.2) is 30.8 Å². The van der Waals surface area contributed by atoms with Gasteiger partial charge in [-0.1, -0.05) is 26.8 Å². The van der Waals surface area contributed by atoms with Gasteiger partial charge in [-0.3, -0.25) is 4.79 Å². The molecule has 0 bridgehead atoms. The van der Waals surface area contributed by atoms with Crippen LogP contribution in [0.4, 0.5) is 5.69 Å². The maximum Gasteiger partial charge on any atom is 0.257 e. The van der Waals surface area contributed by atoms with Gasteiger partial charge in [-0.15, -0.1) is 0 Å². The summed E-state index contributed by atoms with van der Waals surface area (Å²) in [7, 11) is 1.50. The molecule has 1 aromatic carbocycles. The first kappa shape index (κ1) is 16.3. The molecule has 0 aromatic heterocycles. The molecule has 0 aliphatic rings. The minimum Gasteiger partial charge on any atom is -0.496 e. The number of anilines is 1. The highest BCUT2D eigenvalue weighted by Gasteiger charge is 2.27. The largest absolute Gasteiger partial charge is 0.496 e. The van der Waals surface area contributed by atoms with Gasteiger partial charge in [0.2, 0.25) is 0 Å². The number of benzene rings is 1. The summed E-state index contributed by atoms with van der Waals surface area (Å²) < 4.78 is 5.18. The number of amides is 1. The number of carbonyl (C=O) groups excluding carboxylic acids is 1. The van der Waals surface area contributed by atoms with Gasteiger partial charge in [0.1, 0.15) is 11.3 Å². The van der Waals surface area contributed by atoms with Gasteiger partial charge in [-0.2, -0.15) is 0 Å². The molecule has 0 fully saturated rings. The first-order valence-corrected chi connectivity index (χ1v) is 6.65. The minimum absolute atomic E-state index is 0.0175. The zero-order chi connectivity index (χ0) is 15.3. The molecule has 20 heavy (non-hydrogen) atoms. The van der Waals surface area contributed by atoms with E-state index in [-0.39, 0.29) is 24.0 Å². The molecular formula is C15H24N2O3. The van der Waals surface area contributed by atoms with E-state index in [1.165, 1.54) is 7.11 Å². The van der Waals surface area contributed by atoms with Crippen LogP contribution in [-0.2, 0) is 0 Å². The van der Waals surface area contributed by atoms with E-state index in [1.807, 2.05) is 20.8 Å². The summed E-state index contributed by atoms with van der Waals surface area (Å²) in [5.74, 6) is 0.160. The highest BCUT2D eigenvalue weighted by molar-refractivity contribution is 6.02. The van der Waals surface area contributed by atoms with Crippen LogP contribution in [0.1, 0.15) is 37.6 Å². The summed E-state index contributed by atoms with van der Waals surface area (Å²) in [6.45, 7) is 6.06. The van der Waals surface area contributed by atoms with Crippen LogP contribution in [0.5, 0.6) is 5.75 Å². The molecule has 4 N–H and O–H groups in total. The van der Waals surface area contributed by atoms with E-state index in [4.69, 9.17) is 15.6 Å². The number of methoxy groups -OCH3 is 1. The van der Waals surface area contributed by atoms with Gasteiger partial charge in [-0.25, -0.2) is 0 Å². The smallest absolute Gasteiger partial charge is 0.257 e. The molecule has 0 radical (unpaired) electrons. The van der Waals surface area contributed by atoms with Crippen molar-refractivity contribution in [1.82, 2.24) is 5.32 Å².